The van der Waals surface area contributed by atoms with Gasteiger partial charge in [0.2, 0.25) is 0 Å². The normalized spacial score (nSPS) is 13.8. The molecule has 2 aromatic carbocycles. The molecule has 0 heterocycles. The molecule has 0 saturated carbocycles. The van der Waals surface area contributed by atoms with Crippen LogP contribution in [0.25, 0.3) is 0 Å². The molecule has 0 amide bonds. The van der Waals surface area contributed by atoms with Gasteiger partial charge in [-0.25, -0.2) is 13.6 Å². The predicted octanol–water partition coefficient (Wildman–Crippen LogP) is 8.52. The maximum Gasteiger partial charge on any atom is 0.343 e. The lowest BCUT2D eigenvalue weighted by Gasteiger charge is -2.23. The largest absolute Gasteiger partial charge is 0.494 e. The van der Waals surface area contributed by atoms with E-state index in [1.165, 1.54) is 64.0 Å². The van der Waals surface area contributed by atoms with Crippen LogP contribution >= 0.6 is 0 Å². The van der Waals surface area contributed by atoms with Gasteiger partial charge in [-0.05, 0) is 67.8 Å². The van der Waals surface area contributed by atoms with Crippen LogP contribution in [0.3, 0.4) is 0 Å². The molecule has 0 aliphatic carbocycles. The first-order valence-corrected chi connectivity index (χ1v) is 13.3. The molecule has 0 spiro atoms. The van der Waals surface area contributed by atoms with Crippen LogP contribution in [0.4, 0.5) is 8.78 Å². The first kappa shape index (κ1) is 29.6. The summed E-state index contributed by atoms with van der Waals surface area (Å²) >= 11 is 0. The van der Waals surface area contributed by atoms with Crippen molar-refractivity contribution in [2.24, 2.45) is 5.92 Å². The molecule has 6 heteroatoms. The van der Waals surface area contributed by atoms with E-state index >= 15 is 0 Å². The van der Waals surface area contributed by atoms with Crippen LogP contribution in [0.15, 0.2) is 48.5 Å². The van der Waals surface area contributed by atoms with Crippen molar-refractivity contribution < 1.29 is 27.8 Å². The van der Waals surface area contributed by atoms with Crippen LogP contribution in [-0.4, -0.2) is 31.0 Å². The molecule has 0 N–H and O–H groups in total. The third-order valence-corrected chi connectivity index (χ3v) is 6.10. The first-order chi connectivity index (χ1) is 17.3. The fourth-order valence-corrected chi connectivity index (χ4v) is 3.77. The van der Waals surface area contributed by atoms with Crippen molar-refractivity contribution >= 4 is 5.97 Å². The van der Waals surface area contributed by atoms with Crippen molar-refractivity contribution in [3.05, 3.63) is 54.1 Å². The highest BCUT2D eigenvalue weighted by Crippen LogP contribution is 2.23. The Morgan fingerprint density at radius 1 is 0.722 bits per heavy atom. The number of esters is 1. The highest BCUT2D eigenvalue weighted by molar-refractivity contribution is 5.91. The zero-order valence-corrected chi connectivity index (χ0v) is 22.2. The van der Waals surface area contributed by atoms with Crippen molar-refractivity contribution in [3.8, 4) is 17.2 Å². The number of ether oxygens (including phenoxy) is 3. The summed E-state index contributed by atoms with van der Waals surface area (Å²) in [6.45, 7) is 7.65. The molecule has 3 atom stereocenters. The molecule has 0 bridgehead atoms. The number of halogens is 2. The van der Waals surface area contributed by atoms with E-state index in [-0.39, 0.29) is 0 Å². The van der Waals surface area contributed by atoms with Crippen molar-refractivity contribution in [2.45, 2.75) is 97.5 Å². The summed E-state index contributed by atoms with van der Waals surface area (Å²) in [7, 11) is 0. The number of unbranched alkanes of at least 4 members (excludes halogenated alkanes) is 7. The Bertz CT molecular complexity index is 868. The minimum atomic E-state index is -1.73. The molecular weight excluding hydrogens is 462 g/mol. The minimum Gasteiger partial charge on any atom is -0.494 e. The van der Waals surface area contributed by atoms with Gasteiger partial charge in [0, 0.05) is 0 Å². The monoisotopic (exact) mass is 504 g/mol. The second-order valence-electron chi connectivity index (χ2n) is 9.66. The maximum absolute atomic E-state index is 14.2. The minimum absolute atomic E-state index is 0.326. The molecule has 0 aliphatic heterocycles. The van der Waals surface area contributed by atoms with Gasteiger partial charge < -0.3 is 14.2 Å². The molecule has 0 unspecified atom stereocenters. The summed E-state index contributed by atoms with van der Waals surface area (Å²) in [5, 5.41) is 0. The highest BCUT2D eigenvalue weighted by atomic mass is 19.2. The van der Waals surface area contributed by atoms with Gasteiger partial charge in [-0.2, -0.15) is 0 Å². The van der Waals surface area contributed by atoms with Crippen molar-refractivity contribution in [2.75, 3.05) is 6.61 Å². The van der Waals surface area contributed by atoms with E-state index in [0.29, 0.717) is 23.7 Å². The maximum atomic E-state index is 14.2. The molecular formula is C30H42F2O4. The smallest absolute Gasteiger partial charge is 0.343 e. The Labute approximate surface area is 215 Å². The summed E-state index contributed by atoms with van der Waals surface area (Å²) in [5.74, 6) is 0.562. The van der Waals surface area contributed by atoms with E-state index in [1.54, 1.807) is 50.2 Å². The standard InChI is InChI=1S/C30H42F2O4/c1-5-6-7-8-9-10-11-12-21-34-25-17-19-27(20-18-25)36-30(33)24-13-15-26(16-14-24)35-23(4)29(32)28(31)22(2)3/h13-20,22-23,28-29H,5-12,21H2,1-4H3/t23-,28+,29+/m1/s1. The second kappa shape index (κ2) is 16.2. The number of benzene rings is 2. The van der Waals surface area contributed by atoms with E-state index < -0.39 is 30.3 Å². The molecule has 2 aromatic rings. The zero-order valence-electron chi connectivity index (χ0n) is 22.2. The van der Waals surface area contributed by atoms with Crippen molar-refractivity contribution in [1.82, 2.24) is 0 Å². The Morgan fingerprint density at radius 3 is 1.83 bits per heavy atom. The van der Waals surface area contributed by atoms with E-state index in [9.17, 15) is 13.6 Å². The summed E-state index contributed by atoms with van der Waals surface area (Å²) in [6.07, 6.45) is 5.74. The molecule has 0 aromatic heterocycles. The number of carbonyl (C=O) groups excluding carboxylic acids is 1. The topological polar surface area (TPSA) is 44.8 Å². The first-order valence-electron chi connectivity index (χ1n) is 13.3. The lowest BCUT2D eigenvalue weighted by molar-refractivity contribution is 0.0337. The Morgan fingerprint density at radius 2 is 1.25 bits per heavy atom. The lowest BCUT2D eigenvalue weighted by Crippen LogP contribution is -2.36. The van der Waals surface area contributed by atoms with Gasteiger partial charge in [-0.1, -0.05) is 65.7 Å². The number of rotatable bonds is 17. The van der Waals surface area contributed by atoms with Crippen LogP contribution in [0, 0.1) is 5.92 Å². The Kier molecular flexibility index (Phi) is 13.3. The summed E-state index contributed by atoms with van der Waals surface area (Å²) in [5.41, 5.74) is 0.326. The van der Waals surface area contributed by atoms with Crippen LogP contribution in [-0.2, 0) is 0 Å². The summed E-state index contributed by atoms with van der Waals surface area (Å²) in [6, 6.07) is 13.1. The lowest BCUT2D eigenvalue weighted by atomic mass is 10.0. The Balaban J connectivity index is 1.72. The number of carbonyl (C=O) groups is 1. The summed E-state index contributed by atoms with van der Waals surface area (Å²) < 4.78 is 44.8. The van der Waals surface area contributed by atoms with Crippen LogP contribution in [0.2, 0.25) is 0 Å². The van der Waals surface area contributed by atoms with E-state index in [4.69, 9.17) is 14.2 Å². The average molecular weight is 505 g/mol. The van der Waals surface area contributed by atoms with Crippen molar-refractivity contribution in [1.29, 1.82) is 0 Å². The molecule has 4 nitrogen and oxygen atoms in total. The molecule has 36 heavy (non-hydrogen) atoms. The van der Waals surface area contributed by atoms with Gasteiger partial charge in [0.1, 0.15) is 29.5 Å². The number of hydrogen-bond acceptors (Lipinski definition) is 4. The fraction of sp³-hybridized carbons (Fsp3) is 0.567. The van der Waals surface area contributed by atoms with Crippen molar-refractivity contribution in [3.63, 3.8) is 0 Å². The third kappa shape index (κ3) is 10.5. The molecule has 2 rings (SSSR count). The number of hydrogen-bond donors (Lipinski definition) is 0. The Hall–Kier alpha value is -2.63. The molecule has 0 saturated heterocycles. The molecule has 0 radical (unpaired) electrons. The van der Waals surface area contributed by atoms with E-state index in [0.717, 1.165) is 12.2 Å². The molecule has 0 fully saturated rings. The van der Waals surface area contributed by atoms with E-state index in [2.05, 4.69) is 6.92 Å². The van der Waals surface area contributed by atoms with Gasteiger partial charge in [0.25, 0.3) is 0 Å². The second-order valence-corrected chi connectivity index (χ2v) is 9.66. The van der Waals surface area contributed by atoms with Crippen LogP contribution in [0.1, 0.15) is 89.4 Å². The summed E-state index contributed by atoms with van der Waals surface area (Å²) in [4.78, 5) is 12.5. The quantitative estimate of drug-likeness (QED) is 0.123. The zero-order chi connectivity index (χ0) is 26.3. The van der Waals surface area contributed by atoms with Crippen LogP contribution in [0.5, 0.6) is 17.2 Å². The van der Waals surface area contributed by atoms with E-state index in [1.807, 2.05) is 0 Å². The fourth-order valence-electron chi connectivity index (χ4n) is 3.77. The SMILES string of the molecule is CCCCCCCCCCOc1ccc(OC(=O)c2ccc(O[C@H](C)[C@H](F)[C@@H](F)C(C)C)cc2)cc1. The van der Waals surface area contributed by atoms with Gasteiger partial charge >= 0.3 is 5.97 Å². The molecule has 0 aliphatic rings. The van der Waals surface area contributed by atoms with Crippen LogP contribution < -0.4 is 14.2 Å². The van der Waals surface area contributed by atoms with Gasteiger partial charge in [-0.3, -0.25) is 0 Å². The van der Waals surface area contributed by atoms with Gasteiger partial charge in [-0.15, -0.1) is 0 Å². The average Bonchev–Trinajstić information content (AvgIpc) is 2.88. The molecule has 200 valence electrons. The number of alkyl halides is 2. The predicted molar refractivity (Wildman–Crippen MR) is 141 cm³/mol. The highest BCUT2D eigenvalue weighted by Gasteiger charge is 2.30. The van der Waals surface area contributed by atoms with Gasteiger partial charge in [0.05, 0.1) is 12.2 Å². The third-order valence-electron chi connectivity index (χ3n) is 6.10. The van der Waals surface area contributed by atoms with Gasteiger partial charge in [0.15, 0.2) is 6.17 Å².